The molecule has 7 rings (SSSR count). The van der Waals surface area contributed by atoms with E-state index in [0.717, 1.165) is 82.4 Å². The molecule has 1 aromatic heterocycles. The van der Waals surface area contributed by atoms with Gasteiger partial charge in [-0.25, -0.2) is 14.6 Å². The number of fused-ring (bicyclic) bond motifs is 1. The van der Waals surface area contributed by atoms with Gasteiger partial charge in [0.05, 0.1) is 24.0 Å². The van der Waals surface area contributed by atoms with Crippen LogP contribution in [-0.4, -0.2) is 67.0 Å². The monoisotopic (exact) mass is 701 g/mol. The molecule has 9 nitrogen and oxygen atoms in total. The summed E-state index contributed by atoms with van der Waals surface area (Å²) in [4.78, 5) is 42.9. The zero-order valence-corrected chi connectivity index (χ0v) is 31.7. The first-order chi connectivity index (χ1) is 24.6. The van der Waals surface area contributed by atoms with Gasteiger partial charge < -0.3 is 14.5 Å². The summed E-state index contributed by atoms with van der Waals surface area (Å²) in [5.74, 6) is 0.788. The van der Waals surface area contributed by atoms with Gasteiger partial charge in [0.2, 0.25) is 0 Å². The number of amides is 2. The number of likely N-dealkylation sites (tertiary alicyclic amines) is 2. The summed E-state index contributed by atoms with van der Waals surface area (Å²) < 4.78 is 11.5. The Bertz CT molecular complexity index is 2050. The molecule has 4 aromatic rings. The maximum absolute atomic E-state index is 13.1. The van der Waals surface area contributed by atoms with Crippen LogP contribution in [0, 0.1) is 0 Å². The zero-order chi connectivity index (χ0) is 36.9. The van der Waals surface area contributed by atoms with Crippen molar-refractivity contribution in [2.75, 3.05) is 0 Å². The highest BCUT2D eigenvalue weighted by molar-refractivity contribution is 6.03. The predicted octanol–water partition coefficient (Wildman–Crippen LogP) is 10.3. The summed E-state index contributed by atoms with van der Waals surface area (Å²) in [5, 5.41) is 2.30. The number of hydrogen-bond donors (Lipinski definition) is 1. The largest absolute Gasteiger partial charge is 0.444 e. The van der Waals surface area contributed by atoms with Crippen molar-refractivity contribution in [3.63, 3.8) is 0 Å². The van der Waals surface area contributed by atoms with Gasteiger partial charge >= 0.3 is 12.2 Å². The number of aromatic amines is 1. The Morgan fingerprint density at radius 1 is 0.692 bits per heavy atom. The van der Waals surface area contributed by atoms with Crippen molar-refractivity contribution in [3.05, 3.63) is 84.4 Å². The van der Waals surface area contributed by atoms with Gasteiger partial charge in [-0.1, -0.05) is 48.5 Å². The molecular weight excluding hydrogens is 651 g/mol. The Morgan fingerprint density at radius 2 is 1.21 bits per heavy atom. The minimum absolute atomic E-state index is 0.0306. The third kappa shape index (κ3) is 7.36. The van der Waals surface area contributed by atoms with Gasteiger partial charge in [0.1, 0.15) is 17.0 Å². The normalized spacial score (nSPS) is 22.2. The molecule has 4 heterocycles. The predicted molar refractivity (Wildman–Crippen MR) is 207 cm³/mol. The SMILES string of the molecule is C[C@@H]1CC[C@@H](C2=NC=C(c3ccc(-c4ccc5cc(-c6cnc([C@@H]7CC[C@@H](C)N7C(=O)OC(C)(C)C)[nH]6)ccc5c4)cc3)C2)N1C(=O)OC(C)(C)C. The summed E-state index contributed by atoms with van der Waals surface area (Å²) in [6.07, 6.45) is 7.60. The quantitative estimate of drug-likeness (QED) is 0.223. The molecule has 0 spiro atoms. The van der Waals surface area contributed by atoms with E-state index in [4.69, 9.17) is 19.5 Å². The third-order valence-electron chi connectivity index (χ3n) is 10.3. The Hall–Kier alpha value is -4.92. The highest BCUT2D eigenvalue weighted by Gasteiger charge is 2.41. The molecular formula is C43H51N5O4. The number of H-pyrrole nitrogens is 1. The molecule has 4 atom stereocenters. The van der Waals surface area contributed by atoms with E-state index in [0.29, 0.717) is 0 Å². The topological polar surface area (TPSA) is 100 Å². The smallest absolute Gasteiger partial charge is 0.411 e. The number of allylic oxidation sites excluding steroid dienone is 1. The lowest BCUT2D eigenvalue weighted by Crippen LogP contribution is -2.46. The summed E-state index contributed by atoms with van der Waals surface area (Å²) >= 11 is 0. The minimum Gasteiger partial charge on any atom is -0.444 e. The van der Waals surface area contributed by atoms with E-state index in [1.54, 1.807) is 0 Å². The molecule has 272 valence electrons. The first-order valence-corrected chi connectivity index (χ1v) is 18.6. The molecule has 0 radical (unpaired) electrons. The van der Waals surface area contributed by atoms with Gasteiger partial charge in [0.15, 0.2) is 0 Å². The third-order valence-corrected chi connectivity index (χ3v) is 10.3. The van der Waals surface area contributed by atoms with Crippen LogP contribution in [0.1, 0.15) is 105 Å². The fraction of sp³-hybridized carbons (Fsp3) is 0.442. The Balaban J connectivity index is 1.02. The number of nitrogens with zero attached hydrogens (tertiary/aromatic N) is 4. The van der Waals surface area contributed by atoms with Crippen LogP contribution >= 0.6 is 0 Å². The van der Waals surface area contributed by atoms with Crippen LogP contribution < -0.4 is 0 Å². The van der Waals surface area contributed by atoms with E-state index in [1.165, 1.54) is 5.57 Å². The van der Waals surface area contributed by atoms with Crippen LogP contribution in [0.2, 0.25) is 0 Å². The van der Waals surface area contributed by atoms with E-state index in [9.17, 15) is 9.59 Å². The van der Waals surface area contributed by atoms with Crippen molar-refractivity contribution in [1.82, 2.24) is 19.8 Å². The van der Waals surface area contributed by atoms with Crippen LogP contribution in [0.3, 0.4) is 0 Å². The van der Waals surface area contributed by atoms with Crippen molar-refractivity contribution < 1.29 is 19.1 Å². The second-order valence-corrected chi connectivity index (χ2v) is 16.6. The fourth-order valence-corrected chi connectivity index (χ4v) is 7.76. The maximum atomic E-state index is 13.1. The second-order valence-electron chi connectivity index (χ2n) is 16.6. The molecule has 0 saturated carbocycles. The number of carbonyl (C=O) groups excluding carboxylic acids is 2. The van der Waals surface area contributed by atoms with Crippen LogP contribution in [0.4, 0.5) is 9.59 Å². The van der Waals surface area contributed by atoms with Crippen LogP contribution in [-0.2, 0) is 9.47 Å². The number of hydrogen-bond acceptors (Lipinski definition) is 6. The minimum atomic E-state index is -0.552. The number of carbonyl (C=O) groups is 2. The van der Waals surface area contributed by atoms with Crippen LogP contribution in [0.5, 0.6) is 0 Å². The first-order valence-electron chi connectivity index (χ1n) is 18.6. The van der Waals surface area contributed by atoms with Crippen molar-refractivity contribution in [3.8, 4) is 22.4 Å². The van der Waals surface area contributed by atoms with Gasteiger partial charge in [0.25, 0.3) is 0 Å². The highest BCUT2D eigenvalue weighted by Crippen LogP contribution is 2.38. The maximum Gasteiger partial charge on any atom is 0.411 e. The second kappa shape index (κ2) is 13.6. The molecule has 0 unspecified atom stereocenters. The molecule has 3 aromatic carbocycles. The van der Waals surface area contributed by atoms with Gasteiger partial charge in [-0.05, 0) is 126 Å². The zero-order valence-electron chi connectivity index (χ0n) is 31.7. The number of rotatable bonds is 5. The van der Waals surface area contributed by atoms with Crippen LogP contribution in [0.15, 0.2) is 78.1 Å². The molecule has 3 aliphatic rings. The van der Waals surface area contributed by atoms with E-state index in [2.05, 4.69) is 79.5 Å². The van der Waals surface area contributed by atoms with Gasteiger partial charge in [-0.2, -0.15) is 0 Å². The average molecular weight is 702 g/mol. The highest BCUT2D eigenvalue weighted by atomic mass is 16.6. The van der Waals surface area contributed by atoms with Gasteiger partial charge in [-0.3, -0.25) is 14.8 Å². The van der Waals surface area contributed by atoms with Crippen molar-refractivity contribution in [2.24, 2.45) is 4.99 Å². The number of nitrogens with one attached hydrogen (secondary N) is 1. The van der Waals surface area contributed by atoms with Crippen LogP contribution in [0.25, 0.3) is 38.7 Å². The van der Waals surface area contributed by atoms with E-state index in [-0.39, 0.29) is 36.4 Å². The summed E-state index contributed by atoms with van der Waals surface area (Å²) in [7, 11) is 0. The Labute approximate surface area is 307 Å². The summed E-state index contributed by atoms with van der Waals surface area (Å²) in [6.45, 7) is 15.6. The fourth-order valence-electron chi connectivity index (χ4n) is 7.76. The molecule has 52 heavy (non-hydrogen) atoms. The molecule has 2 fully saturated rings. The van der Waals surface area contributed by atoms with E-state index in [1.807, 2.05) is 63.7 Å². The number of ether oxygens (including phenoxy) is 2. The Kier molecular flexibility index (Phi) is 9.26. The number of benzene rings is 3. The lowest BCUT2D eigenvalue weighted by molar-refractivity contribution is 0.0149. The molecule has 2 saturated heterocycles. The van der Waals surface area contributed by atoms with Crippen molar-refractivity contribution in [1.29, 1.82) is 0 Å². The van der Waals surface area contributed by atoms with E-state index >= 15 is 0 Å². The van der Waals surface area contributed by atoms with Gasteiger partial charge in [0, 0.05) is 36.0 Å². The molecule has 2 amide bonds. The number of aliphatic imine (C=N–C) groups is 1. The number of aromatic nitrogens is 2. The molecule has 1 N–H and O–H groups in total. The van der Waals surface area contributed by atoms with E-state index < -0.39 is 11.2 Å². The summed E-state index contributed by atoms with van der Waals surface area (Å²) in [6, 6.07) is 21.7. The molecule has 0 bridgehead atoms. The lowest BCUT2D eigenvalue weighted by atomic mass is 9.95. The molecule has 0 aliphatic carbocycles. The van der Waals surface area contributed by atoms with Gasteiger partial charge in [-0.15, -0.1) is 0 Å². The number of imidazole rings is 1. The molecule has 3 aliphatic heterocycles. The van der Waals surface area contributed by atoms with Crippen molar-refractivity contribution in [2.45, 2.75) is 123 Å². The average Bonchev–Trinajstić information content (AvgIpc) is 3.89. The first kappa shape index (κ1) is 35.5. The summed E-state index contributed by atoms with van der Waals surface area (Å²) in [5.41, 5.74) is 6.52. The Morgan fingerprint density at radius 3 is 1.83 bits per heavy atom. The standard InChI is InChI=1S/C43H51N5O4/c1-26-9-19-37(47(26)40(49)51-42(3,4)5)35-23-34(24-44-35)29-13-11-28(12-14-29)30-15-16-32-22-33(18-17-31(32)21-30)36-25-45-39(46-36)38-20-10-27(2)48(38)41(50)52-43(6,7)8/h11-18,21-22,24-27,37-38H,9-10,19-20,23H2,1-8H3,(H,45,46)/t26-,27-,37+,38+/m1/s1. The van der Waals surface area contributed by atoms with Crippen molar-refractivity contribution >= 4 is 34.2 Å². The molecule has 9 heteroatoms. The lowest BCUT2D eigenvalue weighted by Gasteiger charge is -2.31.